The van der Waals surface area contributed by atoms with Crippen LogP contribution >= 0.6 is 0 Å². The lowest BCUT2D eigenvalue weighted by molar-refractivity contribution is -0.192. The van der Waals surface area contributed by atoms with E-state index in [1.165, 1.54) is 5.48 Å². The van der Waals surface area contributed by atoms with E-state index in [2.05, 4.69) is 4.84 Å². The SMILES string of the molecule is NC(CC(=O)O)C(=O)NOCC(F)(F)F. The number of carbonyl (C=O) groups excluding carboxylic acids is 1. The summed E-state index contributed by atoms with van der Waals surface area (Å²) < 4.78 is 34.5. The highest BCUT2D eigenvalue weighted by atomic mass is 19.4. The maximum absolute atomic E-state index is 11.5. The number of nitrogens with two attached hydrogens (primary N) is 1. The maximum atomic E-state index is 11.5. The molecule has 1 unspecified atom stereocenters. The normalized spacial score (nSPS) is 13.3. The second kappa shape index (κ2) is 5.51. The third-order valence-electron chi connectivity index (χ3n) is 1.14. The summed E-state index contributed by atoms with van der Waals surface area (Å²) in [5.74, 6) is -2.46. The second-order valence-corrected chi connectivity index (χ2v) is 2.57. The highest BCUT2D eigenvalue weighted by molar-refractivity contribution is 5.85. The van der Waals surface area contributed by atoms with E-state index < -0.39 is 37.1 Å². The Morgan fingerprint density at radius 1 is 1.47 bits per heavy atom. The van der Waals surface area contributed by atoms with Crippen molar-refractivity contribution in [2.75, 3.05) is 6.61 Å². The fourth-order valence-electron chi connectivity index (χ4n) is 0.546. The average Bonchev–Trinajstić information content (AvgIpc) is 2.00. The maximum Gasteiger partial charge on any atom is 0.414 e. The molecule has 0 fully saturated rings. The van der Waals surface area contributed by atoms with Crippen LogP contribution in [-0.4, -0.2) is 35.8 Å². The summed E-state index contributed by atoms with van der Waals surface area (Å²) in [7, 11) is 0. The van der Waals surface area contributed by atoms with E-state index in [-0.39, 0.29) is 0 Å². The Kier molecular flexibility index (Phi) is 5.02. The van der Waals surface area contributed by atoms with Gasteiger partial charge in [0.05, 0.1) is 12.5 Å². The summed E-state index contributed by atoms with van der Waals surface area (Å²) in [5, 5.41) is 8.21. The van der Waals surface area contributed by atoms with Crippen molar-refractivity contribution < 1.29 is 32.7 Å². The third kappa shape index (κ3) is 7.70. The van der Waals surface area contributed by atoms with Crippen molar-refractivity contribution in [3.05, 3.63) is 0 Å². The number of carboxylic acid groups (broad SMARTS) is 1. The van der Waals surface area contributed by atoms with Gasteiger partial charge in [0.15, 0.2) is 6.61 Å². The Labute approximate surface area is 82.1 Å². The van der Waals surface area contributed by atoms with Gasteiger partial charge in [-0.05, 0) is 0 Å². The molecule has 0 saturated carbocycles. The minimum Gasteiger partial charge on any atom is -0.481 e. The Morgan fingerprint density at radius 2 is 2.00 bits per heavy atom. The Hall–Kier alpha value is -1.35. The number of hydrogen-bond donors (Lipinski definition) is 3. The zero-order valence-electron chi connectivity index (χ0n) is 7.37. The number of alkyl halides is 3. The number of nitrogens with one attached hydrogen (secondary N) is 1. The minimum absolute atomic E-state index is 0.693. The molecule has 1 atom stereocenters. The van der Waals surface area contributed by atoms with Gasteiger partial charge in [-0.1, -0.05) is 0 Å². The van der Waals surface area contributed by atoms with Crippen LogP contribution in [-0.2, 0) is 14.4 Å². The van der Waals surface area contributed by atoms with Gasteiger partial charge in [-0.2, -0.15) is 13.2 Å². The highest BCUT2D eigenvalue weighted by Crippen LogP contribution is 2.13. The Balaban J connectivity index is 3.79. The quantitative estimate of drug-likeness (QED) is 0.547. The molecule has 0 rings (SSSR count). The van der Waals surface area contributed by atoms with Gasteiger partial charge in [0.2, 0.25) is 0 Å². The largest absolute Gasteiger partial charge is 0.481 e. The number of carboxylic acids is 1. The molecule has 0 radical (unpaired) electrons. The number of amides is 1. The summed E-state index contributed by atoms with van der Waals surface area (Å²) in [6.07, 6.45) is -5.27. The van der Waals surface area contributed by atoms with Crippen molar-refractivity contribution in [1.29, 1.82) is 0 Å². The fraction of sp³-hybridized carbons (Fsp3) is 0.667. The van der Waals surface area contributed by atoms with Crippen molar-refractivity contribution in [2.45, 2.75) is 18.6 Å². The molecule has 88 valence electrons. The summed E-state index contributed by atoms with van der Waals surface area (Å²) in [4.78, 5) is 24.6. The lowest BCUT2D eigenvalue weighted by atomic mass is 10.2. The van der Waals surface area contributed by atoms with Crippen LogP contribution < -0.4 is 11.2 Å². The minimum atomic E-state index is -4.58. The summed E-state index contributed by atoms with van der Waals surface area (Å²) in [5.41, 5.74) is 6.41. The molecule has 6 nitrogen and oxygen atoms in total. The first-order valence-corrected chi connectivity index (χ1v) is 3.68. The van der Waals surface area contributed by atoms with Crippen molar-refractivity contribution in [3.8, 4) is 0 Å². The first kappa shape index (κ1) is 13.7. The first-order chi connectivity index (χ1) is 6.72. The number of hydrogen-bond acceptors (Lipinski definition) is 4. The van der Waals surface area contributed by atoms with Crippen LogP contribution in [0.3, 0.4) is 0 Å². The zero-order valence-corrected chi connectivity index (χ0v) is 7.37. The van der Waals surface area contributed by atoms with Gasteiger partial charge in [0.1, 0.15) is 0 Å². The van der Waals surface area contributed by atoms with Crippen molar-refractivity contribution in [3.63, 3.8) is 0 Å². The molecule has 9 heteroatoms. The molecule has 0 heterocycles. The van der Waals surface area contributed by atoms with Gasteiger partial charge in [0.25, 0.3) is 5.91 Å². The van der Waals surface area contributed by atoms with Crippen LogP contribution in [0.2, 0.25) is 0 Å². The van der Waals surface area contributed by atoms with Crippen molar-refractivity contribution in [1.82, 2.24) is 5.48 Å². The molecular formula is C6H9F3N2O4. The topological polar surface area (TPSA) is 102 Å². The van der Waals surface area contributed by atoms with E-state index in [1.807, 2.05) is 0 Å². The fourth-order valence-corrected chi connectivity index (χ4v) is 0.546. The van der Waals surface area contributed by atoms with Gasteiger partial charge >= 0.3 is 12.1 Å². The molecule has 1 amide bonds. The zero-order chi connectivity index (χ0) is 12.1. The molecule has 0 saturated heterocycles. The molecule has 0 aliphatic heterocycles. The molecular weight excluding hydrogens is 221 g/mol. The predicted molar refractivity (Wildman–Crippen MR) is 40.4 cm³/mol. The standard InChI is InChI=1S/C6H9F3N2O4/c7-6(8,9)2-15-11-5(14)3(10)1-4(12)13/h3H,1-2,10H2,(H,11,14)(H,12,13). The van der Waals surface area contributed by atoms with Gasteiger partial charge in [-0.15, -0.1) is 0 Å². The van der Waals surface area contributed by atoms with Gasteiger partial charge in [-0.25, -0.2) is 5.48 Å². The number of aliphatic carboxylic acids is 1. The molecule has 0 bridgehead atoms. The number of rotatable bonds is 5. The lowest BCUT2D eigenvalue weighted by Gasteiger charge is -2.11. The van der Waals surface area contributed by atoms with Crippen LogP contribution in [0, 0.1) is 0 Å². The Morgan fingerprint density at radius 3 is 2.40 bits per heavy atom. The van der Waals surface area contributed by atoms with Gasteiger partial charge in [-0.3, -0.25) is 14.4 Å². The van der Waals surface area contributed by atoms with Crippen LogP contribution in [0.15, 0.2) is 0 Å². The monoisotopic (exact) mass is 230 g/mol. The Bertz CT molecular complexity index is 243. The second-order valence-electron chi connectivity index (χ2n) is 2.57. The van der Waals surface area contributed by atoms with Gasteiger partial charge < -0.3 is 10.8 Å². The van der Waals surface area contributed by atoms with Crippen LogP contribution in [0.25, 0.3) is 0 Å². The predicted octanol–water partition coefficient (Wildman–Crippen LogP) is -0.602. The molecule has 0 aromatic heterocycles. The average molecular weight is 230 g/mol. The number of carbonyl (C=O) groups is 2. The third-order valence-corrected chi connectivity index (χ3v) is 1.14. The number of hydroxylamine groups is 1. The molecule has 0 aliphatic carbocycles. The highest BCUT2D eigenvalue weighted by Gasteiger charge is 2.28. The van der Waals surface area contributed by atoms with E-state index in [1.54, 1.807) is 0 Å². The molecule has 4 N–H and O–H groups in total. The first-order valence-electron chi connectivity index (χ1n) is 3.68. The van der Waals surface area contributed by atoms with Gasteiger partial charge in [0, 0.05) is 0 Å². The molecule has 15 heavy (non-hydrogen) atoms. The van der Waals surface area contributed by atoms with Crippen LogP contribution in [0.1, 0.15) is 6.42 Å². The number of halogens is 3. The van der Waals surface area contributed by atoms with Crippen LogP contribution in [0.4, 0.5) is 13.2 Å². The van der Waals surface area contributed by atoms with E-state index in [9.17, 15) is 22.8 Å². The molecule has 0 aliphatic rings. The van der Waals surface area contributed by atoms with E-state index in [0.717, 1.165) is 0 Å². The molecule has 0 aromatic carbocycles. The van der Waals surface area contributed by atoms with E-state index in [4.69, 9.17) is 10.8 Å². The van der Waals surface area contributed by atoms with Crippen molar-refractivity contribution in [2.24, 2.45) is 5.73 Å². The van der Waals surface area contributed by atoms with Crippen molar-refractivity contribution >= 4 is 11.9 Å². The summed E-state index contributed by atoms with van der Waals surface area (Å²) >= 11 is 0. The van der Waals surface area contributed by atoms with E-state index in [0.29, 0.717) is 0 Å². The smallest absolute Gasteiger partial charge is 0.414 e. The van der Waals surface area contributed by atoms with E-state index >= 15 is 0 Å². The van der Waals surface area contributed by atoms with Crippen LogP contribution in [0.5, 0.6) is 0 Å². The lowest BCUT2D eigenvalue weighted by Crippen LogP contribution is -2.43. The summed E-state index contributed by atoms with van der Waals surface area (Å²) in [6.45, 7) is -1.67. The molecule has 0 aromatic rings. The summed E-state index contributed by atoms with van der Waals surface area (Å²) in [6, 6.07) is -1.45. The molecule has 0 spiro atoms.